The summed E-state index contributed by atoms with van der Waals surface area (Å²) in [4.78, 5) is 0. The molecule has 0 aromatic heterocycles. The maximum absolute atomic E-state index is 8.15. The van der Waals surface area contributed by atoms with Crippen LogP contribution in [0.15, 0.2) is 0 Å². The van der Waals surface area contributed by atoms with Gasteiger partial charge in [-0.15, -0.1) is 0 Å². The monoisotopic (exact) mass is 88.1 g/mol. The van der Waals surface area contributed by atoms with E-state index < -0.39 is 0 Å². The fourth-order valence-corrected chi connectivity index (χ4v) is 0.0745. The fourth-order valence-electron chi connectivity index (χ4n) is 0.0745. The number of aliphatic hydroxyl groups excluding tert-OH is 1. The predicted octanol–water partition coefficient (Wildman–Crippen LogP) is 0.129. The zero-order chi connectivity index (χ0) is 4.99. The molecule has 0 aliphatic heterocycles. The Morgan fingerprint density at radius 2 is 2.33 bits per heavy atom. The Bertz CT molecular complexity index is 26.7. The number of rotatable bonds is 2. The van der Waals surface area contributed by atoms with Gasteiger partial charge >= 0.3 is 0 Å². The molecule has 0 aromatic rings. The molecule has 0 heterocycles. The van der Waals surface area contributed by atoms with Crippen LogP contribution in [0.5, 0.6) is 0 Å². The van der Waals surface area contributed by atoms with Crippen molar-refractivity contribution in [1.29, 1.82) is 0 Å². The third-order valence-electron chi connectivity index (χ3n) is 0.679. The van der Waals surface area contributed by atoms with Crippen LogP contribution in [0.4, 0.5) is 0 Å². The van der Waals surface area contributed by atoms with Crippen LogP contribution in [0.2, 0.25) is 0 Å². The third-order valence-corrected chi connectivity index (χ3v) is 0.679. The van der Waals surface area contributed by atoms with Gasteiger partial charge in [0.2, 0.25) is 0 Å². The van der Waals surface area contributed by atoms with Gasteiger partial charge in [-0.25, -0.2) is 0 Å². The highest BCUT2D eigenvalue weighted by molar-refractivity contribution is 4.62. The van der Waals surface area contributed by atoms with Crippen LogP contribution in [-0.2, 0) is 0 Å². The van der Waals surface area contributed by atoms with Gasteiger partial charge in [0.15, 0.2) is 0 Å². The normalized spacial score (nSPS) is 14.5. The van der Waals surface area contributed by atoms with Crippen molar-refractivity contribution in [2.45, 2.75) is 13.0 Å². The van der Waals surface area contributed by atoms with E-state index in [4.69, 9.17) is 5.11 Å². The molecule has 2 N–H and O–H groups in total. The number of nitrogens with one attached hydrogen (secondary N) is 1. The molecule has 0 amide bonds. The van der Waals surface area contributed by atoms with E-state index in [0.717, 1.165) is 6.61 Å². The standard InChI is InChI=1S/C4H10NO/c1-4(3-6)5-2/h3-6H,1-2H3. The highest BCUT2D eigenvalue weighted by Crippen LogP contribution is 1.76. The minimum absolute atomic E-state index is 0.116. The topological polar surface area (TPSA) is 32.3 Å². The summed E-state index contributed by atoms with van der Waals surface area (Å²) >= 11 is 0. The average molecular weight is 88.1 g/mol. The second-order valence-corrected chi connectivity index (χ2v) is 1.23. The molecular weight excluding hydrogens is 78.0 g/mol. The molecule has 0 fully saturated rings. The van der Waals surface area contributed by atoms with Gasteiger partial charge in [-0.2, -0.15) is 0 Å². The van der Waals surface area contributed by atoms with Gasteiger partial charge in [0.25, 0.3) is 0 Å². The van der Waals surface area contributed by atoms with Crippen molar-refractivity contribution in [3.8, 4) is 0 Å². The number of aliphatic hydroxyl groups is 1. The molecule has 1 unspecified atom stereocenters. The lowest BCUT2D eigenvalue weighted by molar-refractivity contribution is 0.343. The molecule has 0 bridgehead atoms. The Morgan fingerprint density at radius 3 is 2.33 bits per heavy atom. The Kier molecular flexibility index (Phi) is 3.08. The van der Waals surface area contributed by atoms with Crippen LogP contribution in [-0.4, -0.2) is 18.2 Å². The van der Waals surface area contributed by atoms with Gasteiger partial charge in [-0.3, -0.25) is 0 Å². The molecule has 0 spiro atoms. The summed E-state index contributed by atoms with van der Waals surface area (Å²) in [5.74, 6) is 0. The summed E-state index contributed by atoms with van der Waals surface area (Å²) in [6.45, 7) is 2.97. The van der Waals surface area contributed by atoms with E-state index in [1.54, 1.807) is 7.05 Å². The molecule has 2 nitrogen and oxygen atoms in total. The van der Waals surface area contributed by atoms with Gasteiger partial charge < -0.3 is 10.4 Å². The number of likely N-dealkylation sites (N-methyl/N-ethyl adjacent to an activating group) is 1. The molecule has 1 atom stereocenters. The molecule has 0 saturated carbocycles. The minimum Gasteiger partial charge on any atom is -0.389 e. The maximum Gasteiger partial charge on any atom is 0.0964 e. The Balaban J connectivity index is 2.75. The summed E-state index contributed by atoms with van der Waals surface area (Å²) in [7, 11) is 1.79. The van der Waals surface area contributed by atoms with E-state index in [-0.39, 0.29) is 6.04 Å². The summed E-state index contributed by atoms with van der Waals surface area (Å²) in [6, 6.07) is 0.116. The highest BCUT2D eigenvalue weighted by Gasteiger charge is 1.89. The van der Waals surface area contributed by atoms with E-state index >= 15 is 0 Å². The summed E-state index contributed by atoms with van der Waals surface area (Å²) in [5.41, 5.74) is 0. The van der Waals surface area contributed by atoms with Crippen LogP contribution in [0.1, 0.15) is 6.92 Å². The Morgan fingerprint density at radius 1 is 1.83 bits per heavy atom. The Hall–Kier alpha value is -0.0800. The first-order valence-corrected chi connectivity index (χ1v) is 1.96. The van der Waals surface area contributed by atoms with E-state index in [1.165, 1.54) is 0 Å². The van der Waals surface area contributed by atoms with Gasteiger partial charge in [-0.1, -0.05) is 0 Å². The largest absolute Gasteiger partial charge is 0.389 e. The van der Waals surface area contributed by atoms with Crippen LogP contribution < -0.4 is 5.32 Å². The van der Waals surface area contributed by atoms with Gasteiger partial charge in [-0.05, 0) is 14.0 Å². The highest BCUT2D eigenvalue weighted by atomic mass is 16.3. The fraction of sp³-hybridized carbons (Fsp3) is 0.750. The van der Waals surface area contributed by atoms with Crippen LogP contribution in [0.3, 0.4) is 0 Å². The summed E-state index contributed by atoms with van der Waals surface area (Å²) in [5, 5.41) is 11.0. The average Bonchev–Trinajstić information content (AvgIpc) is 1.65. The van der Waals surface area contributed by atoms with Crippen molar-refractivity contribution in [3.05, 3.63) is 6.61 Å². The molecular formula is C4H10NO. The van der Waals surface area contributed by atoms with Gasteiger partial charge in [0.1, 0.15) is 0 Å². The van der Waals surface area contributed by atoms with Crippen LogP contribution >= 0.6 is 0 Å². The molecule has 0 aliphatic carbocycles. The first-order valence-electron chi connectivity index (χ1n) is 1.96. The first kappa shape index (κ1) is 5.92. The lowest BCUT2D eigenvalue weighted by Gasteiger charge is -2.00. The van der Waals surface area contributed by atoms with E-state index in [2.05, 4.69) is 5.32 Å². The molecule has 0 saturated heterocycles. The van der Waals surface area contributed by atoms with E-state index in [9.17, 15) is 0 Å². The summed E-state index contributed by atoms with van der Waals surface area (Å²) < 4.78 is 0. The van der Waals surface area contributed by atoms with Crippen molar-refractivity contribution < 1.29 is 5.11 Å². The van der Waals surface area contributed by atoms with Crippen LogP contribution in [0.25, 0.3) is 0 Å². The third kappa shape index (κ3) is 2.18. The zero-order valence-corrected chi connectivity index (χ0v) is 4.10. The second-order valence-electron chi connectivity index (χ2n) is 1.23. The minimum atomic E-state index is 0.116. The van der Waals surface area contributed by atoms with Crippen molar-refractivity contribution in [2.24, 2.45) is 0 Å². The molecule has 0 rings (SSSR count). The quantitative estimate of drug-likeness (QED) is 0.503. The maximum atomic E-state index is 8.15. The van der Waals surface area contributed by atoms with Crippen molar-refractivity contribution in [3.63, 3.8) is 0 Å². The smallest absolute Gasteiger partial charge is 0.0964 e. The van der Waals surface area contributed by atoms with Crippen molar-refractivity contribution in [1.82, 2.24) is 5.32 Å². The van der Waals surface area contributed by atoms with Crippen molar-refractivity contribution >= 4 is 0 Å². The second kappa shape index (κ2) is 3.12. The number of hydrogen-bond donors (Lipinski definition) is 2. The van der Waals surface area contributed by atoms with E-state index in [1.807, 2.05) is 6.92 Å². The molecule has 37 valence electrons. The molecule has 0 aliphatic rings. The SMILES string of the molecule is CNC(C)[CH]O. The van der Waals surface area contributed by atoms with Crippen LogP contribution in [0, 0.1) is 6.61 Å². The number of hydrogen-bond acceptors (Lipinski definition) is 2. The predicted molar refractivity (Wildman–Crippen MR) is 24.8 cm³/mol. The summed E-state index contributed by atoms with van der Waals surface area (Å²) in [6.07, 6.45) is 0. The zero-order valence-electron chi connectivity index (χ0n) is 4.10. The first-order chi connectivity index (χ1) is 2.81. The molecule has 6 heavy (non-hydrogen) atoms. The van der Waals surface area contributed by atoms with Gasteiger partial charge in [0, 0.05) is 6.04 Å². The molecule has 1 radical (unpaired) electrons. The van der Waals surface area contributed by atoms with Gasteiger partial charge in [0.05, 0.1) is 6.61 Å². The van der Waals surface area contributed by atoms with E-state index in [0.29, 0.717) is 0 Å². The molecule has 2 heteroatoms. The van der Waals surface area contributed by atoms with Crippen molar-refractivity contribution in [2.75, 3.05) is 7.05 Å². The lowest BCUT2D eigenvalue weighted by atomic mass is 10.4. The lowest BCUT2D eigenvalue weighted by Crippen LogP contribution is -2.20. The Labute approximate surface area is 38.2 Å². The molecule has 0 aromatic carbocycles.